The van der Waals surface area contributed by atoms with Crippen LogP contribution in [0.1, 0.15) is 50.8 Å². The summed E-state index contributed by atoms with van der Waals surface area (Å²) in [6.45, 7) is 10.2. The summed E-state index contributed by atoms with van der Waals surface area (Å²) >= 11 is 7.50. The van der Waals surface area contributed by atoms with Gasteiger partial charge in [-0.2, -0.15) is 0 Å². The van der Waals surface area contributed by atoms with E-state index in [-0.39, 0.29) is 17.4 Å². The summed E-state index contributed by atoms with van der Waals surface area (Å²) in [6.07, 6.45) is 0.557. The van der Waals surface area contributed by atoms with Crippen LogP contribution in [-0.2, 0) is 21.9 Å². The van der Waals surface area contributed by atoms with Crippen molar-refractivity contribution in [2.24, 2.45) is 0 Å². The Morgan fingerprint density at radius 3 is 2.35 bits per heavy atom. The van der Waals surface area contributed by atoms with Gasteiger partial charge in [0, 0.05) is 22.9 Å². The van der Waals surface area contributed by atoms with Crippen LogP contribution in [0.5, 0.6) is 0 Å². The standard InChI is InChI=1S/C25H33ClN2O2S/c1-6-22(24(30)27-25(3,4)5)28(15-20-9-7-8-18(2)14-20)23(29)17-31-16-19-10-12-21(26)13-11-19/h7-14,22H,6,15-17H2,1-5H3,(H,27,30)/t22-/m1/s1. The maximum atomic E-state index is 13.3. The van der Waals surface area contributed by atoms with Gasteiger partial charge in [0.2, 0.25) is 11.8 Å². The van der Waals surface area contributed by atoms with Crippen LogP contribution in [0, 0.1) is 6.92 Å². The van der Waals surface area contributed by atoms with Crippen molar-refractivity contribution in [1.82, 2.24) is 10.2 Å². The van der Waals surface area contributed by atoms with E-state index in [9.17, 15) is 9.59 Å². The Morgan fingerprint density at radius 2 is 1.77 bits per heavy atom. The van der Waals surface area contributed by atoms with Gasteiger partial charge in [-0.05, 0) is 57.4 Å². The minimum absolute atomic E-state index is 0.0311. The lowest BCUT2D eigenvalue weighted by Crippen LogP contribution is -2.53. The van der Waals surface area contributed by atoms with E-state index in [1.807, 2.05) is 77.1 Å². The highest BCUT2D eigenvalue weighted by atomic mass is 35.5. The SMILES string of the molecule is CC[C@H](C(=O)NC(C)(C)C)N(Cc1cccc(C)c1)C(=O)CSCc1ccc(Cl)cc1. The van der Waals surface area contributed by atoms with Crippen molar-refractivity contribution < 1.29 is 9.59 Å². The fraction of sp³-hybridized carbons (Fsp3) is 0.440. The molecule has 0 aliphatic carbocycles. The van der Waals surface area contributed by atoms with E-state index >= 15 is 0 Å². The van der Waals surface area contributed by atoms with E-state index in [0.29, 0.717) is 29.5 Å². The van der Waals surface area contributed by atoms with E-state index in [0.717, 1.165) is 16.7 Å². The molecular formula is C25H33ClN2O2S. The van der Waals surface area contributed by atoms with Crippen LogP contribution in [0.2, 0.25) is 5.02 Å². The molecule has 0 radical (unpaired) electrons. The summed E-state index contributed by atoms with van der Waals surface area (Å²) in [7, 11) is 0. The highest BCUT2D eigenvalue weighted by molar-refractivity contribution is 7.99. The van der Waals surface area contributed by atoms with Gasteiger partial charge in [0.1, 0.15) is 6.04 Å². The molecule has 2 aromatic carbocycles. The third-order valence-electron chi connectivity index (χ3n) is 4.73. The predicted octanol–water partition coefficient (Wildman–Crippen LogP) is 5.60. The number of benzene rings is 2. The largest absolute Gasteiger partial charge is 0.350 e. The van der Waals surface area contributed by atoms with Gasteiger partial charge in [-0.15, -0.1) is 11.8 Å². The van der Waals surface area contributed by atoms with E-state index < -0.39 is 6.04 Å². The number of halogens is 1. The topological polar surface area (TPSA) is 49.4 Å². The van der Waals surface area contributed by atoms with Crippen LogP contribution in [-0.4, -0.2) is 34.0 Å². The molecule has 0 aliphatic heterocycles. The van der Waals surface area contributed by atoms with E-state index in [1.54, 1.807) is 16.7 Å². The van der Waals surface area contributed by atoms with Crippen molar-refractivity contribution in [2.75, 3.05) is 5.75 Å². The first-order chi connectivity index (χ1) is 14.6. The molecule has 0 unspecified atom stereocenters. The van der Waals surface area contributed by atoms with Crippen LogP contribution < -0.4 is 5.32 Å². The molecule has 2 rings (SSSR count). The summed E-state index contributed by atoms with van der Waals surface area (Å²) in [5, 5.41) is 3.74. The van der Waals surface area contributed by atoms with E-state index in [1.165, 1.54) is 0 Å². The molecule has 168 valence electrons. The van der Waals surface area contributed by atoms with Crippen molar-refractivity contribution in [3.05, 3.63) is 70.2 Å². The number of carbonyl (C=O) groups excluding carboxylic acids is 2. The van der Waals surface area contributed by atoms with Crippen molar-refractivity contribution in [3.63, 3.8) is 0 Å². The smallest absolute Gasteiger partial charge is 0.243 e. The lowest BCUT2D eigenvalue weighted by molar-refractivity contribution is -0.140. The molecule has 1 N–H and O–H groups in total. The van der Waals surface area contributed by atoms with Gasteiger partial charge in [-0.25, -0.2) is 0 Å². The van der Waals surface area contributed by atoms with Gasteiger partial charge in [-0.1, -0.05) is 60.5 Å². The number of amides is 2. The Morgan fingerprint density at radius 1 is 1.10 bits per heavy atom. The number of nitrogens with one attached hydrogen (secondary N) is 1. The Kier molecular flexibility index (Phi) is 9.45. The Balaban J connectivity index is 2.15. The highest BCUT2D eigenvalue weighted by Crippen LogP contribution is 2.19. The zero-order chi connectivity index (χ0) is 23.0. The molecular weight excluding hydrogens is 428 g/mol. The van der Waals surface area contributed by atoms with Crippen LogP contribution in [0.15, 0.2) is 48.5 Å². The first-order valence-corrected chi connectivity index (χ1v) is 12.1. The maximum Gasteiger partial charge on any atom is 0.243 e. The minimum atomic E-state index is -0.511. The third-order valence-corrected chi connectivity index (χ3v) is 5.97. The van der Waals surface area contributed by atoms with E-state index in [2.05, 4.69) is 11.4 Å². The molecule has 31 heavy (non-hydrogen) atoms. The van der Waals surface area contributed by atoms with E-state index in [4.69, 9.17) is 11.6 Å². The molecule has 2 aromatic rings. The minimum Gasteiger partial charge on any atom is -0.350 e. The second-order valence-electron chi connectivity index (χ2n) is 8.79. The first kappa shape index (κ1) is 25.3. The first-order valence-electron chi connectivity index (χ1n) is 10.6. The molecule has 0 spiro atoms. The van der Waals surface area contributed by atoms with Crippen molar-refractivity contribution in [1.29, 1.82) is 0 Å². The van der Waals surface area contributed by atoms with Crippen LogP contribution in [0.4, 0.5) is 0 Å². The lowest BCUT2D eigenvalue weighted by atomic mass is 10.1. The molecule has 0 aromatic heterocycles. The Labute approximate surface area is 195 Å². The highest BCUT2D eigenvalue weighted by Gasteiger charge is 2.30. The number of aryl methyl sites for hydroxylation is 1. The van der Waals surface area contributed by atoms with Crippen LogP contribution in [0.25, 0.3) is 0 Å². The monoisotopic (exact) mass is 460 g/mol. The average Bonchev–Trinajstić information content (AvgIpc) is 2.68. The molecule has 0 saturated heterocycles. The second-order valence-corrected chi connectivity index (χ2v) is 10.2. The molecule has 0 heterocycles. The molecule has 6 heteroatoms. The van der Waals surface area contributed by atoms with Gasteiger partial charge in [-0.3, -0.25) is 9.59 Å². The summed E-state index contributed by atoms with van der Waals surface area (Å²) < 4.78 is 0. The number of thioether (sulfide) groups is 1. The van der Waals surface area contributed by atoms with Gasteiger partial charge in [0.25, 0.3) is 0 Å². The zero-order valence-electron chi connectivity index (χ0n) is 19.1. The number of hydrogen-bond acceptors (Lipinski definition) is 3. The Hall–Kier alpha value is -1.98. The summed E-state index contributed by atoms with van der Waals surface area (Å²) in [5.74, 6) is 0.884. The number of nitrogens with zero attached hydrogens (tertiary/aromatic N) is 1. The Bertz CT molecular complexity index is 878. The van der Waals surface area contributed by atoms with Crippen LogP contribution >= 0.6 is 23.4 Å². The van der Waals surface area contributed by atoms with Gasteiger partial charge in [0.15, 0.2) is 0 Å². The van der Waals surface area contributed by atoms with Crippen LogP contribution in [0.3, 0.4) is 0 Å². The summed E-state index contributed by atoms with van der Waals surface area (Å²) in [6, 6.07) is 15.2. The second kappa shape index (κ2) is 11.6. The zero-order valence-corrected chi connectivity index (χ0v) is 20.6. The molecule has 4 nitrogen and oxygen atoms in total. The lowest BCUT2D eigenvalue weighted by Gasteiger charge is -2.33. The quantitative estimate of drug-likeness (QED) is 0.529. The molecule has 2 amide bonds. The average molecular weight is 461 g/mol. The summed E-state index contributed by atoms with van der Waals surface area (Å²) in [4.78, 5) is 28.0. The third kappa shape index (κ3) is 8.58. The number of carbonyl (C=O) groups is 2. The van der Waals surface area contributed by atoms with Gasteiger partial charge in [0.05, 0.1) is 5.75 Å². The van der Waals surface area contributed by atoms with Gasteiger partial charge >= 0.3 is 0 Å². The maximum absolute atomic E-state index is 13.3. The fourth-order valence-electron chi connectivity index (χ4n) is 3.30. The number of hydrogen-bond donors (Lipinski definition) is 1. The van der Waals surface area contributed by atoms with Crippen molar-refractivity contribution in [3.8, 4) is 0 Å². The normalized spacial score (nSPS) is 12.3. The van der Waals surface area contributed by atoms with Gasteiger partial charge < -0.3 is 10.2 Å². The predicted molar refractivity (Wildman–Crippen MR) is 131 cm³/mol. The number of rotatable bonds is 9. The molecule has 1 atom stereocenters. The molecule has 0 bridgehead atoms. The van der Waals surface area contributed by atoms with Crippen molar-refractivity contribution in [2.45, 2.75) is 64.9 Å². The molecule has 0 saturated carbocycles. The van der Waals surface area contributed by atoms with Crippen molar-refractivity contribution >= 4 is 35.2 Å². The molecule has 0 aliphatic rings. The molecule has 0 fully saturated rings. The fourth-order valence-corrected chi connectivity index (χ4v) is 4.30. The summed E-state index contributed by atoms with van der Waals surface area (Å²) in [5.41, 5.74) is 2.92.